The van der Waals surface area contributed by atoms with Gasteiger partial charge in [-0.1, -0.05) is 35.4 Å². The first-order valence-electron chi connectivity index (χ1n) is 7.94. The predicted molar refractivity (Wildman–Crippen MR) is 99.3 cm³/mol. The number of hydrogen-bond acceptors (Lipinski definition) is 4. The van der Waals surface area contributed by atoms with E-state index >= 15 is 0 Å². The SMILES string of the molecule is C/C=C/CC(NC(=O)CCc1ncc(-c2ccc(Cl)cc2Cl)o1)C(=O)O. The molecule has 8 heteroatoms. The van der Waals surface area contributed by atoms with Crippen LogP contribution in [0, 0.1) is 0 Å². The lowest BCUT2D eigenvalue weighted by Gasteiger charge is -2.12. The molecule has 1 atom stereocenters. The van der Waals surface area contributed by atoms with E-state index in [1.807, 2.05) is 0 Å². The minimum absolute atomic E-state index is 0.0634. The van der Waals surface area contributed by atoms with Crippen LogP contribution >= 0.6 is 23.2 Å². The molecular formula is C18H18Cl2N2O4. The summed E-state index contributed by atoms with van der Waals surface area (Å²) in [6.07, 6.45) is 5.48. The van der Waals surface area contributed by atoms with Crippen LogP contribution in [0.3, 0.4) is 0 Å². The fraction of sp³-hybridized carbons (Fsp3) is 0.278. The van der Waals surface area contributed by atoms with Crippen LogP contribution in [-0.2, 0) is 16.0 Å². The molecule has 2 aromatic rings. The van der Waals surface area contributed by atoms with E-state index in [1.54, 1.807) is 37.3 Å². The number of aliphatic carboxylic acids is 1. The molecule has 0 saturated carbocycles. The van der Waals surface area contributed by atoms with E-state index in [9.17, 15) is 9.59 Å². The Hall–Kier alpha value is -2.31. The summed E-state index contributed by atoms with van der Waals surface area (Å²) in [5, 5.41) is 12.5. The van der Waals surface area contributed by atoms with Crippen molar-refractivity contribution in [1.82, 2.24) is 10.3 Å². The Morgan fingerprint density at radius 2 is 2.15 bits per heavy atom. The van der Waals surface area contributed by atoms with E-state index in [0.29, 0.717) is 27.3 Å². The number of halogens is 2. The molecule has 0 aliphatic rings. The van der Waals surface area contributed by atoms with Crippen molar-refractivity contribution in [3.05, 3.63) is 52.5 Å². The number of nitrogens with zero attached hydrogens (tertiary/aromatic N) is 1. The molecule has 1 heterocycles. The van der Waals surface area contributed by atoms with Gasteiger partial charge in [-0.15, -0.1) is 0 Å². The van der Waals surface area contributed by atoms with E-state index < -0.39 is 12.0 Å². The molecule has 6 nitrogen and oxygen atoms in total. The number of carbonyl (C=O) groups excluding carboxylic acids is 1. The number of carboxylic acids is 1. The van der Waals surface area contributed by atoms with Crippen LogP contribution < -0.4 is 5.32 Å². The number of nitrogens with one attached hydrogen (secondary N) is 1. The largest absolute Gasteiger partial charge is 0.480 e. The molecule has 1 aromatic heterocycles. The van der Waals surface area contributed by atoms with Crippen molar-refractivity contribution >= 4 is 35.1 Å². The highest BCUT2D eigenvalue weighted by atomic mass is 35.5. The maximum atomic E-state index is 12.0. The Bertz CT molecular complexity index is 817. The van der Waals surface area contributed by atoms with Gasteiger partial charge in [-0.2, -0.15) is 0 Å². The Morgan fingerprint density at radius 1 is 1.38 bits per heavy atom. The summed E-state index contributed by atoms with van der Waals surface area (Å²) in [5.74, 6) is -0.626. The van der Waals surface area contributed by atoms with Gasteiger partial charge in [0.25, 0.3) is 0 Å². The first-order chi connectivity index (χ1) is 12.4. The molecule has 0 bridgehead atoms. The van der Waals surface area contributed by atoms with Gasteiger partial charge in [0.05, 0.1) is 11.2 Å². The molecule has 0 radical (unpaired) electrons. The summed E-state index contributed by atoms with van der Waals surface area (Å²) in [5.41, 5.74) is 0.650. The standard InChI is InChI=1S/C18H18Cl2N2O4/c1-2-3-4-14(18(24)25)22-16(23)7-8-17-21-10-15(26-17)12-6-5-11(19)9-13(12)20/h2-3,5-6,9-10,14H,4,7-8H2,1H3,(H,22,23)(H,24,25)/b3-2+. The average Bonchev–Trinajstić information content (AvgIpc) is 3.05. The highest BCUT2D eigenvalue weighted by Crippen LogP contribution is 2.30. The number of rotatable bonds is 8. The van der Waals surface area contributed by atoms with Gasteiger partial charge >= 0.3 is 5.97 Å². The minimum Gasteiger partial charge on any atom is -0.480 e. The number of allylic oxidation sites excluding steroid dienone is 1. The van der Waals surface area contributed by atoms with Crippen molar-refractivity contribution in [3.63, 3.8) is 0 Å². The molecule has 2 rings (SSSR count). The van der Waals surface area contributed by atoms with Gasteiger partial charge in [0.2, 0.25) is 5.91 Å². The van der Waals surface area contributed by atoms with Crippen LogP contribution in [0.5, 0.6) is 0 Å². The van der Waals surface area contributed by atoms with Gasteiger partial charge in [0, 0.05) is 23.4 Å². The molecule has 0 aliphatic heterocycles. The second kappa shape index (κ2) is 9.40. The molecule has 0 aliphatic carbocycles. The molecule has 0 spiro atoms. The molecule has 26 heavy (non-hydrogen) atoms. The minimum atomic E-state index is -1.08. The lowest BCUT2D eigenvalue weighted by Crippen LogP contribution is -2.40. The van der Waals surface area contributed by atoms with E-state index in [2.05, 4.69) is 10.3 Å². The Kier molecular flexibility index (Phi) is 7.24. The summed E-state index contributed by atoms with van der Waals surface area (Å²) in [4.78, 5) is 27.2. The zero-order valence-corrected chi connectivity index (χ0v) is 15.5. The number of carboxylic acid groups (broad SMARTS) is 1. The van der Waals surface area contributed by atoms with Gasteiger partial charge < -0.3 is 14.8 Å². The van der Waals surface area contributed by atoms with Crippen molar-refractivity contribution in [2.75, 3.05) is 0 Å². The summed E-state index contributed by atoms with van der Waals surface area (Å²) in [7, 11) is 0. The fourth-order valence-electron chi connectivity index (χ4n) is 2.22. The van der Waals surface area contributed by atoms with Crippen molar-refractivity contribution in [1.29, 1.82) is 0 Å². The Labute approximate surface area is 160 Å². The van der Waals surface area contributed by atoms with E-state index in [-0.39, 0.29) is 25.2 Å². The second-order valence-corrected chi connectivity index (χ2v) is 6.35. The highest BCUT2D eigenvalue weighted by molar-refractivity contribution is 6.36. The van der Waals surface area contributed by atoms with E-state index in [1.165, 1.54) is 6.20 Å². The maximum absolute atomic E-state index is 12.0. The number of hydrogen-bond donors (Lipinski definition) is 2. The Morgan fingerprint density at radius 3 is 2.81 bits per heavy atom. The number of benzene rings is 1. The van der Waals surface area contributed by atoms with Crippen LogP contribution in [0.4, 0.5) is 0 Å². The van der Waals surface area contributed by atoms with Crippen LogP contribution in [0.15, 0.2) is 41.0 Å². The fourth-order valence-corrected chi connectivity index (χ4v) is 2.72. The van der Waals surface area contributed by atoms with E-state index in [0.717, 1.165) is 0 Å². The van der Waals surface area contributed by atoms with E-state index in [4.69, 9.17) is 32.7 Å². The lowest BCUT2D eigenvalue weighted by atomic mass is 10.2. The quantitative estimate of drug-likeness (QED) is 0.654. The normalized spacial score (nSPS) is 12.3. The molecule has 0 fully saturated rings. The zero-order chi connectivity index (χ0) is 19.1. The predicted octanol–water partition coefficient (Wildman–Crippen LogP) is 4.12. The van der Waals surface area contributed by atoms with Gasteiger partial charge in [-0.25, -0.2) is 9.78 Å². The number of aromatic nitrogens is 1. The van der Waals surface area contributed by atoms with Gasteiger partial charge in [0.1, 0.15) is 6.04 Å². The van der Waals surface area contributed by atoms with Crippen LogP contribution in [0.2, 0.25) is 10.0 Å². The molecule has 1 amide bonds. The smallest absolute Gasteiger partial charge is 0.326 e. The van der Waals surface area contributed by atoms with Crippen LogP contribution in [0.1, 0.15) is 25.7 Å². The lowest BCUT2D eigenvalue weighted by molar-refractivity contribution is -0.141. The highest BCUT2D eigenvalue weighted by Gasteiger charge is 2.19. The molecule has 0 saturated heterocycles. The number of oxazole rings is 1. The van der Waals surface area contributed by atoms with Crippen LogP contribution in [0.25, 0.3) is 11.3 Å². The molecule has 2 N–H and O–H groups in total. The van der Waals surface area contributed by atoms with Gasteiger partial charge in [0.15, 0.2) is 11.7 Å². The van der Waals surface area contributed by atoms with Gasteiger partial charge in [-0.05, 0) is 31.5 Å². The molecule has 138 valence electrons. The average molecular weight is 397 g/mol. The monoisotopic (exact) mass is 396 g/mol. The third-order valence-electron chi connectivity index (χ3n) is 3.56. The topological polar surface area (TPSA) is 92.4 Å². The van der Waals surface area contributed by atoms with Crippen molar-refractivity contribution in [3.8, 4) is 11.3 Å². The summed E-state index contributed by atoms with van der Waals surface area (Å²) < 4.78 is 5.61. The first-order valence-corrected chi connectivity index (χ1v) is 8.69. The number of aryl methyl sites for hydroxylation is 1. The van der Waals surface area contributed by atoms with Crippen LogP contribution in [-0.4, -0.2) is 28.0 Å². The molecule has 1 unspecified atom stereocenters. The first kappa shape index (κ1) is 20.0. The van der Waals surface area contributed by atoms with Crippen molar-refractivity contribution in [2.24, 2.45) is 0 Å². The molecular weight excluding hydrogens is 379 g/mol. The van der Waals surface area contributed by atoms with Crippen molar-refractivity contribution < 1.29 is 19.1 Å². The third-order valence-corrected chi connectivity index (χ3v) is 4.10. The molecule has 1 aromatic carbocycles. The van der Waals surface area contributed by atoms with Gasteiger partial charge in [-0.3, -0.25) is 4.79 Å². The Balaban J connectivity index is 1.94. The number of amides is 1. The summed E-state index contributed by atoms with van der Waals surface area (Å²) >= 11 is 12.0. The maximum Gasteiger partial charge on any atom is 0.326 e. The second-order valence-electron chi connectivity index (χ2n) is 5.51. The summed E-state index contributed by atoms with van der Waals surface area (Å²) in [6.45, 7) is 1.79. The van der Waals surface area contributed by atoms with Crippen molar-refractivity contribution in [2.45, 2.75) is 32.2 Å². The number of carbonyl (C=O) groups is 2. The third kappa shape index (κ3) is 5.61. The summed E-state index contributed by atoms with van der Waals surface area (Å²) in [6, 6.07) is 4.06. The zero-order valence-electron chi connectivity index (χ0n) is 14.0.